The van der Waals surface area contributed by atoms with Gasteiger partial charge in [-0.25, -0.2) is 0 Å². The minimum Gasteiger partial charge on any atom is -0.490 e. The van der Waals surface area contributed by atoms with E-state index in [2.05, 4.69) is 21.2 Å². The van der Waals surface area contributed by atoms with Crippen LogP contribution in [-0.4, -0.2) is 20.3 Å². The van der Waals surface area contributed by atoms with Crippen LogP contribution in [0.5, 0.6) is 11.5 Å². The first-order chi connectivity index (χ1) is 9.78. The van der Waals surface area contributed by atoms with Crippen LogP contribution < -0.4 is 14.8 Å². The van der Waals surface area contributed by atoms with Gasteiger partial charge in [-0.15, -0.1) is 0 Å². The summed E-state index contributed by atoms with van der Waals surface area (Å²) >= 11 is 3.33. The van der Waals surface area contributed by atoms with E-state index in [0.717, 1.165) is 33.9 Å². The maximum atomic E-state index is 5.73. The second-order valence-electron chi connectivity index (χ2n) is 4.62. The van der Waals surface area contributed by atoms with Crippen molar-refractivity contribution in [3.05, 3.63) is 46.3 Å². The van der Waals surface area contributed by atoms with Crippen molar-refractivity contribution in [2.75, 3.05) is 20.3 Å². The van der Waals surface area contributed by atoms with Gasteiger partial charge >= 0.3 is 0 Å². The number of benzene rings is 1. The molecule has 1 atom stereocenters. The van der Waals surface area contributed by atoms with Crippen LogP contribution in [0.25, 0.3) is 0 Å². The van der Waals surface area contributed by atoms with Gasteiger partial charge < -0.3 is 19.2 Å². The Bertz CT molecular complexity index is 597. The number of halogens is 1. The number of hydrogen-bond donors (Lipinski definition) is 1. The van der Waals surface area contributed by atoms with Gasteiger partial charge in [0, 0.05) is 6.42 Å². The first kappa shape index (κ1) is 13.5. The van der Waals surface area contributed by atoms with E-state index in [4.69, 9.17) is 13.9 Å². The fourth-order valence-corrected chi connectivity index (χ4v) is 2.64. The molecular weight excluding hydrogens is 322 g/mol. The molecule has 2 heterocycles. The maximum absolute atomic E-state index is 5.73. The van der Waals surface area contributed by atoms with Gasteiger partial charge in [0.1, 0.15) is 5.76 Å². The second kappa shape index (κ2) is 5.89. The summed E-state index contributed by atoms with van der Waals surface area (Å²) in [6.45, 7) is 1.39. The Morgan fingerprint density at radius 3 is 2.60 bits per heavy atom. The molecule has 1 aliphatic rings. The number of fused-ring (bicyclic) bond motifs is 1. The minimum atomic E-state index is -0.0153. The average molecular weight is 338 g/mol. The molecule has 0 bridgehead atoms. The molecule has 2 aromatic rings. The van der Waals surface area contributed by atoms with Crippen molar-refractivity contribution in [1.82, 2.24) is 5.32 Å². The van der Waals surface area contributed by atoms with Crippen LogP contribution in [0.15, 0.2) is 39.4 Å². The Morgan fingerprint density at radius 2 is 1.90 bits per heavy atom. The molecule has 0 amide bonds. The number of hydrogen-bond acceptors (Lipinski definition) is 4. The fourth-order valence-electron chi connectivity index (χ4n) is 2.32. The summed E-state index contributed by atoms with van der Waals surface area (Å²) in [5.41, 5.74) is 1.08. The molecule has 106 valence electrons. The van der Waals surface area contributed by atoms with E-state index >= 15 is 0 Å². The zero-order valence-electron chi connectivity index (χ0n) is 11.2. The molecule has 0 radical (unpaired) electrons. The minimum absolute atomic E-state index is 0.0153. The molecule has 1 unspecified atom stereocenters. The van der Waals surface area contributed by atoms with E-state index in [1.807, 2.05) is 37.4 Å². The molecule has 5 heteroatoms. The van der Waals surface area contributed by atoms with E-state index in [-0.39, 0.29) is 6.04 Å². The highest BCUT2D eigenvalue weighted by molar-refractivity contribution is 9.10. The lowest BCUT2D eigenvalue weighted by molar-refractivity contribution is 0.297. The molecule has 1 aromatic heterocycles. The normalized spacial score (nSPS) is 15.7. The Morgan fingerprint density at radius 1 is 1.10 bits per heavy atom. The molecule has 0 saturated heterocycles. The van der Waals surface area contributed by atoms with Crippen molar-refractivity contribution in [2.45, 2.75) is 12.5 Å². The third-order valence-electron chi connectivity index (χ3n) is 3.27. The molecular formula is C15H16BrNO3. The zero-order valence-corrected chi connectivity index (χ0v) is 12.8. The Kier molecular flexibility index (Phi) is 3.98. The Labute approximate surface area is 126 Å². The molecule has 20 heavy (non-hydrogen) atoms. The van der Waals surface area contributed by atoms with Crippen LogP contribution in [0.4, 0.5) is 0 Å². The molecule has 0 aliphatic carbocycles. The van der Waals surface area contributed by atoms with E-state index < -0.39 is 0 Å². The Hall–Kier alpha value is -1.46. The van der Waals surface area contributed by atoms with Crippen molar-refractivity contribution in [1.29, 1.82) is 0 Å². The molecule has 1 aliphatic heterocycles. The predicted octanol–water partition coefficient (Wildman–Crippen LogP) is 3.51. The summed E-state index contributed by atoms with van der Waals surface area (Å²) in [5.74, 6) is 2.46. The van der Waals surface area contributed by atoms with Gasteiger partial charge in [-0.2, -0.15) is 0 Å². The third-order valence-corrected chi connectivity index (χ3v) is 3.70. The highest BCUT2D eigenvalue weighted by Gasteiger charge is 2.19. The fraction of sp³-hybridized carbons (Fsp3) is 0.333. The lowest BCUT2D eigenvalue weighted by Crippen LogP contribution is -2.17. The number of nitrogens with one attached hydrogen (secondary N) is 1. The molecule has 0 saturated carbocycles. The third kappa shape index (κ3) is 2.69. The molecule has 4 nitrogen and oxygen atoms in total. The van der Waals surface area contributed by atoms with Crippen molar-refractivity contribution in [3.63, 3.8) is 0 Å². The lowest BCUT2D eigenvalue weighted by Gasteiger charge is -2.16. The monoisotopic (exact) mass is 337 g/mol. The highest BCUT2D eigenvalue weighted by Crippen LogP contribution is 2.34. The lowest BCUT2D eigenvalue weighted by atomic mass is 10.0. The number of furan rings is 1. The largest absolute Gasteiger partial charge is 0.490 e. The highest BCUT2D eigenvalue weighted by atomic mass is 79.9. The van der Waals surface area contributed by atoms with E-state index in [0.29, 0.717) is 13.2 Å². The zero-order chi connectivity index (χ0) is 13.9. The van der Waals surface area contributed by atoms with Crippen molar-refractivity contribution < 1.29 is 13.9 Å². The predicted molar refractivity (Wildman–Crippen MR) is 79.4 cm³/mol. The summed E-state index contributed by atoms with van der Waals surface area (Å²) < 4.78 is 17.7. The number of ether oxygens (including phenoxy) is 2. The second-order valence-corrected chi connectivity index (χ2v) is 5.40. The molecule has 0 spiro atoms. The van der Waals surface area contributed by atoms with Gasteiger partial charge in [0.2, 0.25) is 0 Å². The van der Waals surface area contributed by atoms with Crippen LogP contribution in [0, 0.1) is 0 Å². The smallest absolute Gasteiger partial charge is 0.169 e. The van der Waals surface area contributed by atoms with Gasteiger partial charge in [-0.05, 0) is 52.8 Å². The van der Waals surface area contributed by atoms with Gasteiger partial charge in [-0.3, -0.25) is 0 Å². The average Bonchev–Trinajstić information content (AvgIpc) is 2.75. The molecule has 1 N–H and O–H groups in total. The van der Waals surface area contributed by atoms with Crippen LogP contribution in [0.3, 0.4) is 0 Å². The number of rotatable bonds is 3. The van der Waals surface area contributed by atoms with E-state index in [1.165, 1.54) is 0 Å². The first-order valence-corrected chi connectivity index (χ1v) is 7.39. The van der Waals surface area contributed by atoms with Crippen LogP contribution in [0.2, 0.25) is 0 Å². The summed E-state index contributed by atoms with van der Waals surface area (Å²) in [6.07, 6.45) is 0.907. The summed E-state index contributed by atoms with van der Waals surface area (Å²) in [6, 6.07) is 9.83. The van der Waals surface area contributed by atoms with Crippen molar-refractivity contribution in [3.8, 4) is 11.5 Å². The topological polar surface area (TPSA) is 43.6 Å². The van der Waals surface area contributed by atoms with E-state index in [9.17, 15) is 0 Å². The maximum Gasteiger partial charge on any atom is 0.169 e. The van der Waals surface area contributed by atoms with Gasteiger partial charge in [0.15, 0.2) is 16.2 Å². The molecule has 1 aromatic carbocycles. The van der Waals surface area contributed by atoms with Crippen LogP contribution in [0.1, 0.15) is 23.8 Å². The summed E-state index contributed by atoms with van der Waals surface area (Å²) in [7, 11) is 1.91. The molecule has 3 rings (SSSR count). The van der Waals surface area contributed by atoms with Crippen molar-refractivity contribution >= 4 is 15.9 Å². The standard InChI is InChI=1S/C15H16BrNO3/c1-17-15(12-5-6-14(16)20-12)10-3-4-11-13(9-10)19-8-2-7-18-11/h3-6,9,15,17H,2,7-8H2,1H3. The summed E-state index contributed by atoms with van der Waals surface area (Å²) in [4.78, 5) is 0. The SMILES string of the molecule is CNC(c1ccc2c(c1)OCCCO2)c1ccc(Br)o1. The molecule has 0 fully saturated rings. The van der Waals surface area contributed by atoms with E-state index in [1.54, 1.807) is 0 Å². The summed E-state index contributed by atoms with van der Waals surface area (Å²) in [5, 5.41) is 3.26. The van der Waals surface area contributed by atoms with Gasteiger partial charge in [0.05, 0.1) is 19.3 Å². The first-order valence-electron chi connectivity index (χ1n) is 6.60. The van der Waals surface area contributed by atoms with Crippen LogP contribution in [-0.2, 0) is 0 Å². The Balaban J connectivity index is 1.94. The quantitative estimate of drug-likeness (QED) is 0.930. The van der Waals surface area contributed by atoms with Gasteiger partial charge in [-0.1, -0.05) is 6.07 Å². The van der Waals surface area contributed by atoms with Gasteiger partial charge in [0.25, 0.3) is 0 Å². The van der Waals surface area contributed by atoms with Crippen molar-refractivity contribution in [2.24, 2.45) is 0 Å². The van der Waals surface area contributed by atoms with Crippen LogP contribution >= 0.6 is 15.9 Å².